The van der Waals surface area contributed by atoms with Crippen molar-refractivity contribution in [2.24, 2.45) is 0 Å². The molecule has 0 amide bonds. The van der Waals surface area contributed by atoms with Crippen LogP contribution in [0.4, 0.5) is 5.95 Å². The standard InChI is InChI=1S/C12H16N4O2/c1-4-7-10(11(17)18)14-12-13-8(5-2)9(6-3)15-16-12/h1,10H,5-7H2,2-3H3,(H,17,18)(H,13,14,16). The minimum atomic E-state index is -1.03. The molecule has 2 N–H and O–H groups in total. The molecule has 96 valence electrons. The molecule has 0 aliphatic carbocycles. The predicted molar refractivity (Wildman–Crippen MR) is 67.1 cm³/mol. The molecule has 0 saturated heterocycles. The first-order chi connectivity index (χ1) is 8.62. The number of carboxylic acids is 1. The van der Waals surface area contributed by atoms with Gasteiger partial charge >= 0.3 is 5.97 Å². The van der Waals surface area contributed by atoms with E-state index in [2.05, 4.69) is 26.4 Å². The Morgan fingerprint density at radius 3 is 2.56 bits per heavy atom. The van der Waals surface area contributed by atoms with Crippen molar-refractivity contribution in [1.82, 2.24) is 15.2 Å². The highest BCUT2D eigenvalue weighted by Crippen LogP contribution is 2.08. The number of hydrogen-bond acceptors (Lipinski definition) is 5. The largest absolute Gasteiger partial charge is 0.480 e. The Morgan fingerprint density at radius 1 is 1.39 bits per heavy atom. The van der Waals surface area contributed by atoms with Gasteiger partial charge in [-0.1, -0.05) is 13.8 Å². The van der Waals surface area contributed by atoms with Crippen LogP contribution in [0, 0.1) is 12.3 Å². The van der Waals surface area contributed by atoms with Crippen LogP contribution in [0.1, 0.15) is 31.7 Å². The van der Waals surface area contributed by atoms with E-state index in [0.717, 1.165) is 24.2 Å². The van der Waals surface area contributed by atoms with Crippen LogP contribution in [0.15, 0.2) is 0 Å². The molecule has 1 atom stereocenters. The lowest BCUT2D eigenvalue weighted by atomic mass is 10.2. The van der Waals surface area contributed by atoms with Gasteiger partial charge in [-0.05, 0) is 12.8 Å². The van der Waals surface area contributed by atoms with Crippen LogP contribution in [0.25, 0.3) is 0 Å². The van der Waals surface area contributed by atoms with Crippen molar-refractivity contribution in [3.63, 3.8) is 0 Å². The highest BCUT2D eigenvalue weighted by molar-refractivity contribution is 5.76. The summed E-state index contributed by atoms with van der Waals surface area (Å²) in [5.74, 6) is 1.47. The average molecular weight is 248 g/mol. The van der Waals surface area contributed by atoms with Gasteiger partial charge in [0.15, 0.2) is 0 Å². The molecule has 6 nitrogen and oxygen atoms in total. The number of aliphatic carboxylic acids is 1. The summed E-state index contributed by atoms with van der Waals surface area (Å²) >= 11 is 0. The zero-order valence-electron chi connectivity index (χ0n) is 10.5. The van der Waals surface area contributed by atoms with Gasteiger partial charge in [0, 0.05) is 6.42 Å². The van der Waals surface area contributed by atoms with Crippen molar-refractivity contribution in [1.29, 1.82) is 0 Å². The number of aromatic nitrogens is 3. The van der Waals surface area contributed by atoms with Crippen molar-refractivity contribution in [3.8, 4) is 12.3 Å². The highest BCUT2D eigenvalue weighted by atomic mass is 16.4. The summed E-state index contributed by atoms with van der Waals surface area (Å²) in [7, 11) is 0. The van der Waals surface area contributed by atoms with Crippen molar-refractivity contribution in [2.45, 2.75) is 39.2 Å². The van der Waals surface area contributed by atoms with Crippen molar-refractivity contribution >= 4 is 11.9 Å². The maximum Gasteiger partial charge on any atom is 0.327 e. The Balaban J connectivity index is 2.90. The van der Waals surface area contributed by atoms with Crippen LogP contribution < -0.4 is 5.32 Å². The molecule has 6 heteroatoms. The smallest absolute Gasteiger partial charge is 0.327 e. The summed E-state index contributed by atoms with van der Waals surface area (Å²) in [4.78, 5) is 15.2. The Bertz CT molecular complexity index is 468. The number of carbonyl (C=O) groups is 1. The maximum absolute atomic E-state index is 10.9. The van der Waals surface area contributed by atoms with Gasteiger partial charge in [0.25, 0.3) is 0 Å². The number of terminal acetylenes is 1. The third-order valence-corrected chi connectivity index (χ3v) is 2.43. The Labute approximate surface area is 106 Å². The van der Waals surface area contributed by atoms with Crippen LogP contribution in [0.5, 0.6) is 0 Å². The highest BCUT2D eigenvalue weighted by Gasteiger charge is 2.17. The molecule has 0 saturated carbocycles. The Morgan fingerprint density at radius 2 is 2.06 bits per heavy atom. The first-order valence-corrected chi connectivity index (χ1v) is 5.77. The molecule has 0 aliphatic heterocycles. The minimum Gasteiger partial charge on any atom is -0.480 e. The van der Waals surface area contributed by atoms with Crippen LogP contribution >= 0.6 is 0 Å². The molecule has 0 radical (unpaired) electrons. The Hall–Kier alpha value is -2.16. The van der Waals surface area contributed by atoms with Gasteiger partial charge in [0.1, 0.15) is 6.04 Å². The summed E-state index contributed by atoms with van der Waals surface area (Å²) in [5.41, 5.74) is 1.65. The number of aryl methyl sites for hydroxylation is 2. The molecule has 0 spiro atoms. The summed E-state index contributed by atoms with van der Waals surface area (Å²) in [6.07, 6.45) is 6.65. The number of anilines is 1. The summed E-state index contributed by atoms with van der Waals surface area (Å²) in [6, 6.07) is -0.894. The fraction of sp³-hybridized carbons (Fsp3) is 0.500. The number of nitrogens with zero attached hydrogens (tertiary/aromatic N) is 3. The topological polar surface area (TPSA) is 88.0 Å². The maximum atomic E-state index is 10.9. The molecular weight excluding hydrogens is 232 g/mol. The van der Waals surface area contributed by atoms with Gasteiger partial charge in [0.05, 0.1) is 11.4 Å². The van der Waals surface area contributed by atoms with E-state index in [9.17, 15) is 4.79 Å². The number of rotatable bonds is 6. The van der Waals surface area contributed by atoms with E-state index < -0.39 is 12.0 Å². The van der Waals surface area contributed by atoms with E-state index in [1.807, 2.05) is 13.8 Å². The molecule has 0 fully saturated rings. The zero-order chi connectivity index (χ0) is 13.5. The quantitative estimate of drug-likeness (QED) is 0.727. The van der Waals surface area contributed by atoms with Crippen LogP contribution in [-0.4, -0.2) is 32.3 Å². The molecular formula is C12H16N4O2. The molecule has 0 aliphatic rings. The third-order valence-electron chi connectivity index (χ3n) is 2.43. The molecule has 1 aromatic heterocycles. The molecule has 1 heterocycles. The van der Waals surface area contributed by atoms with E-state index in [4.69, 9.17) is 11.5 Å². The van der Waals surface area contributed by atoms with Gasteiger partial charge in [-0.25, -0.2) is 9.78 Å². The predicted octanol–water partition coefficient (Wildman–Crippen LogP) is 0.885. The van der Waals surface area contributed by atoms with Gasteiger partial charge in [-0.2, -0.15) is 5.10 Å². The van der Waals surface area contributed by atoms with Gasteiger partial charge in [-0.3, -0.25) is 0 Å². The molecule has 18 heavy (non-hydrogen) atoms. The Kier molecular flexibility index (Phi) is 5.06. The van der Waals surface area contributed by atoms with Crippen LogP contribution in [0.2, 0.25) is 0 Å². The van der Waals surface area contributed by atoms with Gasteiger partial charge in [0.2, 0.25) is 5.95 Å². The lowest BCUT2D eigenvalue weighted by Gasteiger charge is -2.12. The van der Waals surface area contributed by atoms with Gasteiger partial charge in [-0.15, -0.1) is 17.4 Å². The normalized spacial score (nSPS) is 11.6. The lowest BCUT2D eigenvalue weighted by molar-refractivity contribution is -0.137. The van der Waals surface area contributed by atoms with Crippen LogP contribution in [-0.2, 0) is 17.6 Å². The van der Waals surface area contributed by atoms with E-state index in [1.54, 1.807) is 0 Å². The van der Waals surface area contributed by atoms with E-state index in [0.29, 0.717) is 0 Å². The second-order valence-corrected chi connectivity index (χ2v) is 3.68. The molecule has 1 aromatic rings. The number of carboxylic acid groups (broad SMARTS) is 1. The summed E-state index contributed by atoms with van der Waals surface area (Å²) in [5, 5.41) is 19.5. The molecule has 0 aromatic carbocycles. The first-order valence-electron chi connectivity index (χ1n) is 5.77. The number of nitrogens with one attached hydrogen (secondary N) is 1. The monoisotopic (exact) mass is 248 g/mol. The van der Waals surface area contributed by atoms with Crippen molar-refractivity contribution in [3.05, 3.63) is 11.4 Å². The lowest BCUT2D eigenvalue weighted by Crippen LogP contribution is -2.30. The molecule has 0 bridgehead atoms. The van der Waals surface area contributed by atoms with E-state index in [-0.39, 0.29) is 12.4 Å². The second kappa shape index (κ2) is 6.55. The van der Waals surface area contributed by atoms with Crippen molar-refractivity contribution in [2.75, 3.05) is 5.32 Å². The first kappa shape index (κ1) is 13.9. The second-order valence-electron chi connectivity index (χ2n) is 3.68. The summed E-state index contributed by atoms with van der Waals surface area (Å²) in [6.45, 7) is 3.93. The SMILES string of the molecule is C#CCC(Nc1nnc(CC)c(CC)n1)C(=O)O. The fourth-order valence-electron chi connectivity index (χ4n) is 1.47. The van der Waals surface area contributed by atoms with E-state index in [1.165, 1.54) is 0 Å². The molecule has 1 rings (SSSR count). The van der Waals surface area contributed by atoms with E-state index >= 15 is 0 Å². The minimum absolute atomic E-state index is 0.0652. The zero-order valence-corrected chi connectivity index (χ0v) is 10.5. The average Bonchev–Trinajstić information content (AvgIpc) is 2.37. The fourth-order valence-corrected chi connectivity index (χ4v) is 1.47. The van der Waals surface area contributed by atoms with Crippen LogP contribution in [0.3, 0.4) is 0 Å². The molecule has 1 unspecified atom stereocenters. The third kappa shape index (κ3) is 3.42. The van der Waals surface area contributed by atoms with Crippen molar-refractivity contribution < 1.29 is 9.90 Å². The number of hydrogen-bond donors (Lipinski definition) is 2. The summed E-state index contributed by atoms with van der Waals surface area (Å²) < 4.78 is 0. The van der Waals surface area contributed by atoms with Gasteiger partial charge < -0.3 is 10.4 Å².